The number of rotatable bonds is 11. The van der Waals surface area contributed by atoms with Gasteiger partial charge < -0.3 is 24.7 Å². The fraction of sp³-hybridized carbons (Fsp3) is 0.486. The summed E-state index contributed by atoms with van der Waals surface area (Å²) in [5.41, 5.74) is 4.08. The van der Waals surface area contributed by atoms with Crippen LogP contribution in [0, 0.1) is 12.3 Å². The van der Waals surface area contributed by atoms with Gasteiger partial charge in [0.2, 0.25) is 11.7 Å². The number of hydrogen-bond acceptors (Lipinski definition) is 7. The molecule has 3 aromatic rings. The monoisotopic (exact) mass is 600 g/mol. The number of carbonyl (C=O) groups is 3. The van der Waals surface area contributed by atoms with Crippen molar-refractivity contribution in [3.8, 4) is 11.3 Å². The molecule has 234 valence electrons. The number of carbonyl (C=O) groups excluding carboxylic acids is 3. The van der Waals surface area contributed by atoms with E-state index >= 15 is 0 Å². The topological polar surface area (TPSA) is 114 Å². The van der Waals surface area contributed by atoms with Gasteiger partial charge in [-0.15, -0.1) is 0 Å². The summed E-state index contributed by atoms with van der Waals surface area (Å²) in [6.07, 6.45) is 11.4. The Hall–Kier alpha value is -3.98. The highest BCUT2D eigenvalue weighted by atomic mass is 16.5. The largest absolute Gasteiger partial charge is 0.469 e. The van der Waals surface area contributed by atoms with E-state index in [0.29, 0.717) is 24.2 Å². The highest BCUT2D eigenvalue weighted by Crippen LogP contribution is 2.43. The summed E-state index contributed by atoms with van der Waals surface area (Å²) in [5, 5.41) is 6.31. The lowest BCUT2D eigenvalue weighted by Gasteiger charge is -2.36. The molecular formula is C35H44N4O5. The minimum atomic E-state index is -0.319. The SMILES string of the molecule is COC(=O)CC1(CC(=O)Nc2ccccc2CCN2CCC(NC(=O)c3occc3-c3ccc(C)cn3)CC2)CCCCC1. The van der Waals surface area contributed by atoms with Crippen LogP contribution in [0.25, 0.3) is 11.3 Å². The van der Waals surface area contributed by atoms with E-state index in [1.807, 2.05) is 37.3 Å². The number of para-hydroxylation sites is 1. The van der Waals surface area contributed by atoms with Gasteiger partial charge in [0.1, 0.15) is 0 Å². The molecule has 9 nitrogen and oxygen atoms in total. The Morgan fingerprint density at radius 2 is 1.80 bits per heavy atom. The third-order valence-corrected chi connectivity index (χ3v) is 9.17. The number of anilines is 1. The van der Waals surface area contributed by atoms with Crippen molar-refractivity contribution in [2.24, 2.45) is 5.41 Å². The molecule has 1 saturated heterocycles. The highest BCUT2D eigenvalue weighted by Gasteiger charge is 2.37. The van der Waals surface area contributed by atoms with Crippen LogP contribution in [0.1, 0.15) is 79.5 Å². The van der Waals surface area contributed by atoms with Crippen molar-refractivity contribution >= 4 is 23.5 Å². The van der Waals surface area contributed by atoms with E-state index in [9.17, 15) is 14.4 Å². The average Bonchev–Trinajstić information content (AvgIpc) is 3.52. The Bertz CT molecular complexity index is 1420. The van der Waals surface area contributed by atoms with Crippen LogP contribution >= 0.6 is 0 Å². The molecule has 0 atom stereocenters. The standard InChI is InChI=1S/C35H44N4O5/c1-25-10-11-30(36-24-25)28-15-21-44-33(28)34(42)37-27-13-19-39(20-14-27)18-12-26-8-4-5-9-29(26)38-31(40)22-35(23-32(41)43-2)16-6-3-7-17-35/h4-5,8-11,15,21,24,27H,3,6-7,12-14,16-20,22-23H2,1-2H3,(H,37,42)(H,38,40). The van der Waals surface area contributed by atoms with E-state index < -0.39 is 0 Å². The fourth-order valence-corrected chi connectivity index (χ4v) is 6.64. The summed E-state index contributed by atoms with van der Waals surface area (Å²) in [4.78, 5) is 45.3. The van der Waals surface area contributed by atoms with Crippen molar-refractivity contribution in [3.63, 3.8) is 0 Å². The van der Waals surface area contributed by atoms with Crippen LogP contribution in [0.4, 0.5) is 5.69 Å². The first-order valence-corrected chi connectivity index (χ1v) is 15.8. The molecule has 3 heterocycles. The number of piperidine rings is 1. The second kappa shape index (κ2) is 14.7. The van der Waals surface area contributed by atoms with Gasteiger partial charge in [-0.2, -0.15) is 0 Å². The molecule has 44 heavy (non-hydrogen) atoms. The quantitative estimate of drug-likeness (QED) is 0.262. The number of hydrogen-bond donors (Lipinski definition) is 2. The van der Waals surface area contributed by atoms with Crippen molar-refractivity contribution in [3.05, 3.63) is 71.8 Å². The minimum absolute atomic E-state index is 0.0438. The summed E-state index contributed by atoms with van der Waals surface area (Å²) < 4.78 is 10.5. The van der Waals surface area contributed by atoms with Crippen LogP contribution in [0.5, 0.6) is 0 Å². The smallest absolute Gasteiger partial charge is 0.306 e. The van der Waals surface area contributed by atoms with Gasteiger partial charge in [0, 0.05) is 44.0 Å². The highest BCUT2D eigenvalue weighted by molar-refractivity contribution is 5.98. The van der Waals surface area contributed by atoms with Crippen molar-refractivity contribution in [2.75, 3.05) is 32.1 Å². The predicted octanol–water partition coefficient (Wildman–Crippen LogP) is 5.93. The van der Waals surface area contributed by atoms with Gasteiger partial charge >= 0.3 is 5.97 Å². The number of aryl methyl sites for hydroxylation is 1. The van der Waals surface area contributed by atoms with Gasteiger partial charge in [-0.25, -0.2) is 0 Å². The molecule has 5 rings (SSSR count). The summed E-state index contributed by atoms with van der Waals surface area (Å²) in [6, 6.07) is 13.7. The zero-order valence-corrected chi connectivity index (χ0v) is 25.9. The molecule has 9 heteroatoms. The maximum Gasteiger partial charge on any atom is 0.306 e. The predicted molar refractivity (Wildman–Crippen MR) is 169 cm³/mol. The van der Waals surface area contributed by atoms with E-state index in [4.69, 9.17) is 9.15 Å². The number of amides is 2. The van der Waals surface area contributed by atoms with E-state index in [2.05, 4.69) is 26.6 Å². The first-order chi connectivity index (χ1) is 21.3. The van der Waals surface area contributed by atoms with E-state index in [-0.39, 0.29) is 29.2 Å². The number of methoxy groups -OCH3 is 1. The molecule has 1 aromatic carbocycles. The molecule has 0 unspecified atom stereocenters. The number of furan rings is 1. The third-order valence-electron chi connectivity index (χ3n) is 9.17. The summed E-state index contributed by atoms with van der Waals surface area (Å²) in [6.45, 7) is 4.59. The van der Waals surface area contributed by atoms with E-state index in [0.717, 1.165) is 93.5 Å². The molecule has 2 aliphatic rings. The number of esters is 1. The van der Waals surface area contributed by atoms with Crippen LogP contribution in [0.2, 0.25) is 0 Å². The molecule has 1 saturated carbocycles. The Labute approximate surface area is 259 Å². The van der Waals surface area contributed by atoms with Gasteiger partial charge in [-0.3, -0.25) is 19.4 Å². The minimum Gasteiger partial charge on any atom is -0.469 e. The molecule has 2 fully saturated rings. The Morgan fingerprint density at radius 3 is 2.52 bits per heavy atom. The van der Waals surface area contributed by atoms with Gasteiger partial charge in [-0.1, -0.05) is 43.5 Å². The molecular weight excluding hydrogens is 556 g/mol. The number of pyridine rings is 1. The summed E-state index contributed by atoms with van der Waals surface area (Å²) >= 11 is 0. The Morgan fingerprint density at radius 1 is 1.02 bits per heavy atom. The number of nitrogens with zero attached hydrogens (tertiary/aromatic N) is 2. The average molecular weight is 601 g/mol. The van der Waals surface area contributed by atoms with Crippen molar-refractivity contribution in [1.29, 1.82) is 0 Å². The first kappa shape index (κ1) is 31.4. The first-order valence-electron chi connectivity index (χ1n) is 15.8. The molecule has 2 amide bonds. The maximum atomic E-state index is 13.2. The number of nitrogens with one attached hydrogen (secondary N) is 2. The van der Waals surface area contributed by atoms with Gasteiger partial charge in [0.05, 0.1) is 31.1 Å². The number of benzene rings is 1. The van der Waals surface area contributed by atoms with Crippen LogP contribution in [-0.4, -0.2) is 60.5 Å². The summed E-state index contributed by atoms with van der Waals surface area (Å²) in [7, 11) is 1.41. The number of aromatic nitrogens is 1. The lowest BCUT2D eigenvalue weighted by Crippen LogP contribution is -2.45. The number of ether oxygens (including phenoxy) is 1. The fourth-order valence-electron chi connectivity index (χ4n) is 6.64. The summed E-state index contributed by atoms with van der Waals surface area (Å²) in [5.74, 6) is -0.203. The molecule has 0 spiro atoms. The zero-order chi connectivity index (χ0) is 30.9. The Balaban J connectivity index is 1.10. The van der Waals surface area contributed by atoms with Gasteiger partial charge in [0.25, 0.3) is 5.91 Å². The third kappa shape index (κ3) is 8.14. The molecule has 2 N–H and O–H groups in total. The number of likely N-dealkylation sites (tertiary alicyclic amines) is 1. The van der Waals surface area contributed by atoms with Crippen LogP contribution < -0.4 is 10.6 Å². The molecule has 1 aliphatic heterocycles. The van der Waals surface area contributed by atoms with Gasteiger partial charge in [0.15, 0.2) is 0 Å². The zero-order valence-electron chi connectivity index (χ0n) is 25.9. The van der Waals surface area contributed by atoms with Crippen LogP contribution in [-0.2, 0) is 20.7 Å². The Kier molecular flexibility index (Phi) is 10.5. The lowest BCUT2D eigenvalue weighted by atomic mass is 9.69. The van der Waals surface area contributed by atoms with Crippen LogP contribution in [0.15, 0.2) is 59.3 Å². The second-order valence-corrected chi connectivity index (χ2v) is 12.4. The van der Waals surface area contributed by atoms with Crippen molar-refractivity contribution in [2.45, 2.75) is 77.2 Å². The molecule has 2 aromatic heterocycles. The molecule has 1 aliphatic carbocycles. The normalized spacial score (nSPS) is 17.1. The van der Waals surface area contributed by atoms with E-state index in [1.165, 1.54) is 13.4 Å². The van der Waals surface area contributed by atoms with E-state index in [1.54, 1.807) is 12.3 Å². The molecule has 0 bridgehead atoms. The van der Waals surface area contributed by atoms with Gasteiger partial charge in [-0.05, 0) is 73.8 Å². The van der Waals surface area contributed by atoms with Crippen molar-refractivity contribution in [1.82, 2.24) is 15.2 Å². The maximum absolute atomic E-state index is 13.2. The lowest BCUT2D eigenvalue weighted by molar-refractivity contribution is -0.144. The van der Waals surface area contributed by atoms with Crippen molar-refractivity contribution < 1.29 is 23.5 Å². The second-order valence-electron chi connectivity index (χ2n) is 12.4. The van der Waals surface area contributed by atoms with Crippen LogP contribution in [0.3, 0.4) is 0 Å². The molecule has 0 radical (unpaired) electrons.